The summed E-state index contributed by atoms with van der Waals surface area (Å²) in [6.45, 7) is 8.94. The van der Waals surface area contributed by atoms with Gasteiger partial charge < -0.3 is 9.84 Å². The van der Waals surface area contributed by atoms with Gasteiger partial charge in [-0.25, -0.2) is 0 Å². The lowest BCUT2D eigenvalue weighted by atomic mass is 9.90. The van der Waals surface area contributed by atoms with Gasteiger partial charge in [-0.2, -0.15) is 0 Å². The van der Waals surface area contributed by atoms with E-state index in [1.807, 2.05) is 30.3 Å². The number of hydrogen-bond acceptors (Lipinski definition) is 3. The van der Waals surface area contributed by atoms with Crippen LogP contribution in [0.25, 0.3) is 0 Å². The molecule has 1 saturated heterocycles. The lowest BCUT2D eigenvalue weighted by molar-refractivity contribution is -0.0675. The number of hydrogen-bond donors (Lipinski definition) is 1. The average molecular weight is 263 g/mol. The molecule has 1 aromatic rings. The molecule has 1 aliphatic rings. The van der Waals surface area contributed by atoms with Crippen LogP contribution in [0.5, 0.6) is 0 Å². The highest BCUT2D eigenvalue weighted by molar-refractivity contribution is 5.19. The van der Waals surface area contributed by atoms with E-state index < -0.39 is 6.10 Å². The molecule has 0 aliphatic carbocycles. The Labute approximate surface area is 116 Å². The maximum absolute atomic E-state index is 10.7. The van der Waals surface area contributed by atoms with E-state index in [-0.39, 0.29) is 6.04 Å². The summed E-state index contributed by atoms with van der Waals surface area (Å²) in [5.74, 6) is 0.399. The van der Waals surface area contributed by atoms with Gasteiger partial charge in [0, 0.05) is 18.6 Å². The summed E-state index contributed by atoms with van der Waals surface area (Å²) in [5.41, 5.74) is 1.000. The molecule has 19 heavy (non-hydrogen) atoms. The van der Waals surface area contributed by atoms with Crippen LogP contribution in [0, 0.1) is 5.92 Å². The minimum Gasteiger partial charge on any atom is -0.387 e. The second-order valence-electron chi connectivity index (χ2n) is 5.75. The highest BCUT2D eigenvalue weighted by atomic mass is 16.5. The first-order valence-corrected chi connectivity index (χ1v) is 7.17. The van der Waals surface area contributed by atoms with E-state index in [0.717, 1.165) is 25.3 Å². The highest BCUT2D eigenvalue weighted by Gasteiger charge is 2.34. The molecular weight excluding hydrogens is 238 g/mol. The van der Waals surface area contributed by atoms with Gasteiger partial charge in [-0.1, -0.05) is 44.2 Å². The summed E-state index contributed by atoms with van der Waals surface area (Å²) < 4.78 is 5.50. The van der Waals surface area contributed by atoms with Crippen LogP contribution in [-0.4, -0.2) is 41.8 Å². The van der Waals surface area contributed by atoms with Crippen molar-refractivity contribution in [1.29, 1.82) is 0 Å². The molecule has 1 aromatic carbocycles. The maximum atomic E-state index is 10.7. The molecule has 0 saturated carbocycles. The molecule has 1 fully saturated rings. The van der Waals surface area contributed by atoms with E-state index in [1.165, 1.54) is 0 Å². The van der Waals surface area contributed by atoms with Crippen LogP contribution in [0.2, 0.25) is 0 Å². The molecule has 1 heterocycles. The second kappa shape index (κ2) is 6.51. The largest absolute Gasteiger partial charge is 0.387 e. The molecule has 3 atom stereocenters. The van der Waals surface area contributed by atoms with E-state index in [2.05, 4.69) is 25.7 Å². The zero-order chi connectivity index (χ0) is 13.8. The van der Waals surface area contributed by atoms with Crippen molar-refractivity contribution in [2.45, 2.75) is 39.0 Å². The van der Waals surface area contributed by atoms with Crippen LogP contribution in [0.4, 0.5) is 0 Å². The fourth-order valence-corrected chi connectivity index (χ4v) is 2.96. The van der Waals surface area contributed by atoms with Crippen molar-refractivity contribution in [2.75, 3.05) is 19.8 Å². The Morgan fingerprint density at radius 3 is 2.53 bits per heavy atom. The molecule has 0 amide bonds. The predicted molar refractivity (Wildman–Crippen MR) is 77.0 cm³/mol. The smallest absolute Gasteiger partial charge is 0.0947 e. The summed E-state index contributed by atoms with van der Waals surface area (Å²) in [7, 11) is 0. The fraction of sp³-hybridized carbons (Fsp3) is 0.625. The average Bonchev–Trinajstić information content (AvgIpc) is 2.42. The number of rotatable bonds is 4. The molecule has 1 aliphatic heterocycles. The first-order chi connectivity index (χ1) is 9.11. The van der Waals surface area contributed by atoms with Gasteiger partial charge in [-0.15, -0.1) is 0 Å². The van der Waals surface area contributed by atoms with Crippen molar-refractivity contribution >= 4 is 0 Å². The maximum Gasteiger partial charge on any atom is 0.0947 e. The van der Waals surface area contributed by atoms with E-state index in [9.17, 15) is 5.11 Å². The van der Waals surface area contributed by atoms with E-state index in [4.69, 9.17) is 4.74 Å². The van der Waals surface area contributed by atoms with Gasteiger partial charge in [0.05, 0.1) is 19.3 Å². The van der Waals surface area contributed by atoms with Crippen molar-refractivity contribution < 1.29 is 9.84 Å². The molecule has 0 spiro atoms. The fourth-order valence-electron chi connectivity index (χ4n) is 2.96. The van der Waals surface area contributed by atoms with Crippen molar-refractivity contribution in [2.24, 2.45) is 5.92 Å². The van der Waals surface area contributed by atoms with Gasteiger partial charge in [-0.3, -0.25) is 4.90 Å². The topological polar surface area (TPSA) is 32.7 Å². The Balaban J connectivity index is 2.20. The highest BCUT2D eigenvalue weighted by Crippen LogP contribution is 2.28. The van der Waals surface area contributed by atoms with Gasteiger partial charge in [0.25, 0.3) is 0 Å². The summed E-state index contributed by atoms with van der Waals surface area (Å²) in [5, 5.41) is 10.7. The summed E-state index contributed by atoms with van der Waals surface area (Å²) in [4.78, 5) is 2.39. The molecule has 0 aromatic heterocycles. The van der Waals surface area contributed by atoms with Gasteiger partial charge in [-0.05, 0) is 18.4 Å². The van der Waals surface area contributed by atoms with Crippen molar-refractivity contribution in [3.63, 3.8) is 0 Å². The molecule has 2 rings (SSSR count). The quantitative estimate of drug-likeness (QED) is 0.906. The molecule has 3 heteroatoms. The van der Waals surface area contributed by atoms with Crippen LogP contribution in [0.3, 0.4) is 0 Å². The third-order valence-electron chi connectivity index (χ3n) is 3.95. The van der Waals surface area contributed by atoms with Crippen LogP contribution in [0.1, 0.15) is 32.4 Å². The Hall–Kier alpha value is -0.900. The van der Waals surface area contributed by atoms with Gasteiger partial charge in [0.2, 0.25) is 0 Å². The number of morpholine rings is 1. The number of aliphatic hydroxyl groups excluding tert-OH is 1. The lowest BCUT2D eigenvalue weighted by Gasteiger charge is -2.43. The molecule has 1 N–H and O–H groups in total. The van der Waals surface area contributed by atoms with Crippen LogP contribution in [-0.2, 0) is 4.74 Å². The summed E-state index contributed by atoms with van der Waals surface area (Å²) in [6.07, 6.45) is -0.443. The van der Waals surface area contributed by atoms with Gasteiger partial charge in [0.1, 0.15) is 0 Å². The Bertz CT molecular complexity index is 380. The monoisotopic (exact) mass is 263 g/mol. The van der Waals surface area contributed by atoms with Gasteiger partial charge >= 0.3 is 0 Å². The summed E-state index contributed by atoms with van der Waals surface area (Å²) in [6, 6.07) is 10.5. The minimum atomic E-state index is -0.443. The lowest BCUT2D eigenvalue weighted by Crippen LogP contribution is -2.53. The Morgan fingerprint density at radius 2 is 1.95 bits per heavy atom. The van der Waals surface area contributed by atoms with Crippen LogP contribution in [0.15, 0.2) is 30.3 Å². The second-order valence-corrected chi connectivity index (χ2v) is 5.75. The standard InChI is InChI=1S/C16H25NO2/c1-12(2)15(17-9-10-19-11-13(17)3)16(18)14-7-5-4-6-8-14/h4-8,12-13,15-16,18H,9-11H2,1-3H3. The Morgan fingerprint density at radius 1 is 1.26 bits per heavy atom. The summed E-state index contributed by atoms with van der Waals surface area (Å²) >= 11 is 0. The molecule has 0 radical (unpaired) electrons. The number of ether oxygens (including phenoxy) is 1. The third kappa shape index (κ3) is 3.35. The normalized spacial score (nSPS) is 24.4. The molecule has 0 bridgehead atoms. The van der Waals surface area contributed by atoms with Crippen molar-refractivity contribution in [3.8, 4) is 0 Å². The first-order valence-electron chi connectivity index (χ1n) is 7.17. The molecule has 3 unspecified atom stereocenters. The predicted octanol–water partition coefficient (Wildman–Crippen LogP) is 2.47. The minimum absolute atomic E-state index is 0.140. The number of aliphatic hydroxyl groups is 1. The third-order valence-corrected chi connectivity index (χ3v) is 3.95. The van der Waals surface area contributed by atoms with E-state index in [0.29, 0.717) is 12.0 Å². The van der Waals surface area contributed by atoms with Crippen LogP contribution >= 0.6 is 0 Å². The van der Waals surface area contributed by atoms with Crippen molar-refractivity contribution in [1.82, 2.24) is 4.90 Å². The molecule has 106 valence electrons. The molecular formula is C16H25NO2. The van der Waals surface area contributed by atoms with E-state index in [1.54, 1.807) is 0 Å². The molecule has 3 nitrogen and oxygen atoms in total. The number of benzene rings is 1. The zero-order valence-electron chi connectivity index (χ0n) is 12.1. The number of nitrogens with zero attached hydrogens (tertiary/aromatic N) is 1. The van der Waals surface area contributed by atoms with Gasteiger partial charge in [0.15, 0.2) is 0 Å². The van der Waals surface area contributed by atoms with Crippen molar-refractivity contribution in [3.05, 3.63) is 35.9 Å². The zero-order valence-corrected chi connectivity index (χ0v) is 12.1. The SMILES string of the molecule is CC(C)C(C(O)c1ccccc1)N1CCOCC1C. The van der Waals surface area contributed by atoms with Crippen LogP contribution < -0.4 is 0 Å². The first kappa shape index (κ1) is 14.5. The Kier molecular flexibility index (Phi) is 4.97. The van der Waals surface area contributed by atoms with E-state index >= 15 is 0 Å².